The minimum absolute atomic E-state index is 0.249. The smallest absolute Gasteiger partial charge is 0.411 e. The van der Waals surface area contributed by atoms with Crippen molar-refractivity contribution in [3.8, 4) is 16.9 Å². The highest BCUT2D eigenvalue weighted by Gasteiger charge is 2.23. The third kappa shape index (κ3) is 7.00. The second-order valence-corrected chi connectivity index (χ2v) is 7.79. The SMILES string of the molecule is COc1ccc(-c2ccccc2NC(=O)OCC2CCC(COCC(=O)O)CC2)cc1. The molecule has 0 spiro atoms. The largest absolute Gasteiger partial charge is 0.497 e. The molecule has 0 heterocycles. The molecular weight excluding hydrogens is 398 g/mol. The van der Waals surface area contributed by atoms with Crippen molar-refractivity contribution in [1.82, 2.24) is 0 Å². The van der Waals surface area contributed by atoms with Gasteiger partial charge in [0.25, 0.3) is 0 Å². The van der Waals surface area contributed by atoms with Crippen LogP contribution in [0.3, 0.4) is 0 Å². The van der Waals surface area contributed by atoms with Crippen LogP contribution < -0.4 is 10.1 Å². The lowest BCUT2D eigenvalue weighted by Crippen LogP contribution is -2.25. The second kappa shape index (κ2) is 11.4. The molecule has 31 heavy (non-hydrogen) atoms. The Kier molecular flexibility index (Phi) is 8.29. The first kappa shape index (κ1) is 22.6. The molecule has 1 aliphatic rings. The van der Waals surface area contributed by atoms with Crippen LogP contribution in [-0.2, 0) is 14.3 Å². The number of carbonyl (C=O) groups excluding carboxylic acids is 1. The Morgan fingerprint density at radius 1 is 0.968 bits per heavy atom. The van der Waals surface area contributed by atoms with Crippen LogP contribution >= 0.6 is 0 Å². The average molecular weight is 427 g/mol. The van der Waals surface area contributed by atoms with Crippen LogP contribution in [0.1, 0.15) is 25.7 Å². The Labute approximate surface area is 182 Å². The van der Waals surface area contributed by atoms with Gasteiger partial charge in [-0.25, -0.2) is 9.59 Å². The topological polar surface area (TPSA) is 94.1 Å². The van der Waals surface area contributed by atoms with E-state index in [-0.39, 0.29) is 6.61 Å². The Hall–Kier alpha value is -3.06. The third-order valence-electron chi connectivity index (χ3n) is 5.56. The molecule has 0 radical (unpaired) electrons. The van der Waals surface area contributed by atoms with E-state index < -0.39 is 12.1 Å². The van der Waals surface area contributed by atoms with Crippen molar-refractivity contribution < 1.29 is 28.9 Å². The number of rotatable bonds is 9. The van der Waals surface area contributed by atoms with E-state index in [1.165, 1.54) is 0 Å². The molecule has 2 aromatic carbocycles. The third-order valence-corrected chi connectivity index (χ3v) is 5.56. The molecule has 7 heteroatoms. The maximum absolute atomic E-state index is 12.4. The number of nitrogens with one attached hydrogen (secondary N) is 1. The van der Waals surface area contributed by atoms with Gasteiger partial charge in [0.15, 0.2) is 0 Å². The number of benzene rings is 2. The van der Waals surface area contributed by atoms with Gasteiger partial charge >= 0.3 is 12.1 Å². The first-order valence-corrected chi connectivity index (χ1v) is 10.5. The maximum Gasteiger partial charge on any atom is 0.411 e. The summed E-state index contributed by atoms with van der Waals surface area (Å²) in [4.78, 5) is 22.9. The Morgan fingerprint density at radius 3 is 2.26 bits per heavy atom. The molecule has 2 N–H and O–H groups in total. The van der Waals surface area contributed by atoms with E-state index in [9.17, 15) is 9.59 Å². The van der Waals surface area contributed by atoms with Crippen molar-refractivity contribution in [1.29, 1.82) is 0 Å². The van der Waals surface area contributed by atoms with Crippen molar-refractivity contribution in [2.24, 2.45) is 11.8 Å². The number of ether oxygens (including phenoxy) is 3. The number of carboxylic acids is 1. The molecule has 2 aromatic rings. The fourth-order valence-corrected chi connectivity index (χ4v) is 3.83. The van der Waals surface area contributed by atoms with Crippen molar-refractivity contribution in [3.05, 3.63) is 48.5 Å². The molecule has 0 aliphatic heterocycles. The predicted octanol–water partition coefficient (Wildman–Crippen LogP) is 4.82. The number of aliphatic carboxylic acids is 1. The standard InChI is InChI=1S/C24H29NO6/c1-29-20-12-10-19(11-13-20)21-4-2-3-5-22(21)25-24(28)31-15-18-8-6-17(7-9-18)14-30-16-23(26)27/h2-5,10-13,17-18H,6-9,14-16H2,1H3,(H,25,28)(H,26,27). The lowest BCUT2D eigenvalue weighted by Gasteiger charge is -2.27. The van der Waals surface area contributed by atoms with E-state index in [1.54, 1.807) is 7.11 Å². The Bertz CT molecular complexity index is 859. The van der Waals surface area contributed by atoms with Crippen molar-refractivity contribution >= 4 is 17.7 Å². The van der Waals surface area contributed by atoms with Crippen LogP contribution in [0.5, 0.6) is 5.75 Å². The normalized spacial score (nSPS) is 18.2. The van der Waals surface area contributed by atoms with Crippen molar-refractivity contribution in [2.75, 3.05) is 32.2 Å². The summed E-state index contributed by atoms with van der Waals surface area (Å²) in [6, 6.07) is 15.3. The monoisotopic (exact) mass is 427 g/mol. The van der Waals surface area contributed by atoms with Gasteiger partial charge in [-0.3, -0.25) is 5.32 Å². The predicted molar refractivity (Wildman–Crippen MR) is 117 cm³/mol. The number of para-hydroxylation sites is 1. The van der Waals surface area contributed by atoms with E-state index in [4.69, 9.17) is 19.3 Å². The summed E-state index contributed by atoms with van der Waals surface area (Å²) < 4.78 is 15.9. The minimum Gasteiger partial charge on any atom is -0.497 e. The highest BCUT2D eigenvalue weighted by Crippen LogP contribution is 2.31. The van der Waals surface area contributed by atoms with E-state index >= 15 is 0 Å². The zero-order chi connectivity index (χ0) is 22.1. The van der Waals surface area contributed by atoms with Gasteiger partial charge in [0, 0.05) is 5.56 Å². The van der Waals surface area contributed by atoms with Gasteiger partial charge in [-0.2, -0.15) is 0 Å². The first-order chi connectivity index (χ1) is 15.0. The molecule has 3 rings (SSSR count). The Morgan fingerprint density at radius 2 is 1.61 bits per heavy atom. The van der Waals surface area contributed by atoms with Gasteiger partial charge in [-0.1, -0.05) is 30.3 Å². The zero-order valence-electron chi connectivity index (χ0n) is 17.7. The van der Waals surface area contributed by atoms with Gasteiger partial charge in [-0.05, 0) is 61.3 Å². The molecule has 7 nitrogen and oxygen atoms in total. The maximum atomic E-state index is 12.4. The van der Waals surface area contributed by atoms with Crippen LogP contribution in [0.25, 0.3) is 11.1 Å². The lowest BCUT2D eigenvalue weighted by atomic mass is 9.83. The summed E-state index contributed by atoms with van der Waals surface area (Å²) in [7, 11) is 1.63. The molecule has 166 valence electrons. The van der Waals surface area contributed by atoms with E-state index in [2.05, 4.69) is 5.32 Å². The summed E-state index contributed by atoms with van der Waals surface area (Å²) in [5.41, 5.74) is 2.57. The number of carboxylic acid groups (broad SMARTS) is 1. The zero-order valence-corrected chi connectivity index (χ0v) is 17.7. The first-order valence-electron chi connectivity index (χ1n) is 10.5. The quantitative estimate of drug-likeness (QED) is 0.596. The van der Waals surface area contributed by atoms with E-state index in [1.807, 2.05) is 48.5 Å². The number of hydrogen-bond donors (Lipinski definition) is 2. The molecular formula is C24H29NO6. The van der Waals surface area contributed by atoms with Crippen molar-refractivity contribution in [3.63, 3.8) is 0 Å². The van der Waals surface area contributed by atoms with Gasteiger partial charge in [0.1, 0.15) is 12.4 Å². The van der Waals surface area contributed by atoms with Gasteiger partial charge < -0.3 is 19.3 Å². The summed E-state index contributed by atoms with van der Waals surface area (Å²) in [6.07, 6.45) is 3.33. The molecule has 1 fully saturated rings. The molecule has 0 unspecified atom stereocenters. The van der Waals surface area contributed by atoms with Gasteiger partial charge in [-0.15, -0.1) is 0 Å². The van der Waals surface area contributed by atoms with Crippen LogP contribution in [0.15, 0.2) is 48.5 Å². The molecule has 1 amide bonds. The molecule has 1 saturated carbocycles. The summed E-state index contributed by atoms with van der Waals surface area (Å²) >= 11 is 0. The molecule has 0 atom stereocenters. The number of amides is 1. The number of methoxy groups -OCH3 is 1. The average Bonchev–Trinajstić information content (AvgIpc) is 2.79. The number of hydrogen-bond acceptors (Lipinski definition) is 5. The number of anilines is 1. The van der Waals surface area contributed by atoms with Gasteiger partial charge in [0.05, 0.1) is 26.0 Å². The fraction of sp³-hybridized carbons (Fsp3) is 0.417. The van der Waals surface area contributed by atoms with Crippen molar-refractivity contribution in [2.45, 2.75) is 25.7 Å². The molecule has 0 bridgehead atoms. The van der Waals surface area contributed by atoms with Gasteiger partial charge in [0.2, 0.25) is 0 Å². The van der Waals surface area contributed by atoms with Crippen LogP contribution in [0.4, 0.5) is 10.5 Å². The molecule has 0 saturated heterocycles. The molecule has 1 aliphatic carbocycles. The molecule has 0 aromatic heterocycles. The second-order valence-electron chi connectivity index (χ2n) is 7.79. The number of carbonyl (C=O) groups is 2. The van der Waals surface area contributed by atoms with E-state index in [0.717, 1.165) is 42.6 Å². The summed E-state index contributed by atoms with van der Waals surface area (Å²) in [6.45, 7) is 0.600. The minimum atomic E-state index is -0.943. The van der Waals surface area contributed by atoms with Crippen LogP contribution in [-0.4, -0.2) is 44.1 Å². The highest BCUT2D eigenvalue weighted by atomic mass is 16.5. The van der Waals surface area contributed by atoms with Crippen LogP contribution in [0.2, 0.25) is 0 Å². The fourth-order valence-electron chi connectivity index (χ4n) is 3.83. The highest BCUT2D eigenvalue weighted by molar-refractivity contribution is 5.91. The lowest BCUT2D eigenvalue weighted by molar-refractivity contribution is -0.142. The van der Waals surface area contributed by atoms with Crippen LogP contribution in [0, 0.1) is 11.8 Å². The summed E-state index contributed by atoms with van der Waals surface area (Å²) in [5, 5.41) is 11.5. The summed E-state index contributed by atoms with van der Waals surface area (Å²) in [5.74, 6) is 0.525. The Balaban J connectivity index is 1.46. The van der Waals surface area contributed by atoms with E-state index in [0.29, 0.717) is 30.7 Å².